The highest BCUT2D eigenvalue weighted by molar-refractivity contribution is 5.81. The summed E-state index contributed by atoms with van der Waals surface area (Å²) in [5.74, 6) is -0.319. The largest absolute Gasteiger partial charge is 0.394 e. The fourth-order valence-electron chi connectivity index (χ4n) is 1.82. The van der Waals surface area contributed by atoms with Crippen molar-refractivity contribution in [2.75, 3.05) is 13.2 Å². The first-order valence-corrected chi connectivity index (χ1v) is 6.64. The number of rotatable bonds is 6. The fraction of sp³-hybridized carbons (Fsp3) is 0.533. The number of benzene rings is 1. The molecule has 0 saturated carbocycles. The van der Waals surface area contributed by atoms with Gasteiger partial charge in [-0.15, -0.1) is 0 Å². The molecule has 0 fully saturated rings. The van der Waals surface area contributed by atoms with Crippen LogP contribution in [0.1, 0.15) is 31.9 Å². The summed E-state index contributed by atoms with van der Waals surface area (Å²) in [5.41, 5.74) is 7.76. The van der Waals surface area contributed by atoms with Crippen LogP contribution in [-0.2, 0) is 16.6 Å². The lowest BCUT2D eigenvalue weighted by Crippen LogP contribution is -2.46. The number of hydrogen-bond acceptors (Lipinski definition) is 3. The van der Waals surface area contributed by atoms with E-state index in [1.165, 1.54) is 11.1 Å². The summed E-state index contributed by atoms with van der Waals surface area (Å²) in [7, 11) is 0. The van der Waals surface area contributed by atoms with Crippen molar-refractivity contribution in [3.05, 3.63) is 35.4 Å². The molecule has 1 atom stereocenters. The van der Waals surface area contributed by atoms with Gasteiger partial charge in [-0.1, -0.05) is 45.0 Å². The maximum atomic E-state index is 11.6. The highest BCUT2D eigenvalue weighted by Gasteiger charge is 2.22. The van der Waals surface area contributed by atoms with Crippen LogP contribution in [0, 0.1) is 0 Å². The standard InChI is InChI=1S/C15H24N2O2/c1-4-11-5-7-12(8-6-11)15(2,3)10-17-14(19)13(16)9-18/h5-8,13,18H,4,9-10,16H2,1-3H3,(H,17,19). The van der Waals surface area contributed by atoms with Crippen molar-refractivity contribution in [1.82, 2.24) is 5.32 Å². The third-order valence-electron chi connectivity index (χ3n) is 3.38. The normalized spacial score (nSPS) is 13.1. The molecule has 0 aromatic heterocycles. The topological polar surface area (TPSA) is 75.4 Å². The molecule has 4 heteroatoms. The summed E-state index contributed by atoms with van der Waals surface area (Å²) in [6.07, 6.45) is 1.02. The van der Waals surface area contributed by atoms with Gasteiger partial charge in [0.15, 0.2) is 0 Å². The van der Waals surface area contributed by atoms with Gasteiger partial charge in [0.05, 0.1) is 6.61 Å². The lowest BCUT2D eigenvalue weighted by Gasteiger charge is -2.26. The molecule has 19 heavy (non-hydrogen) atoms. The van der Waals surface area contributed by atoms with Gasteiger partial charge in [-0.2, -0.15) is 0 Å². The Kier molecular flexibility index (Phi) is 5.51. The molecule has 0 aliphatic carbocycles. The summed E-state index contributed by atoms with van der Waals surface area (Å²) in [5, 5.41) is 11.6. The van der Waals surface area contributed by atoms with Crippen LogP contribution >= 0.6 is 0 Å². The molecule has 1 aromatic carbocycles. The van der Waals surface area contributed by atoms with E-state index in [0.29, 0.717) is 6.54 Å². The van der Waals surface area contributed by atoms with E-state index in [2.05, 4.69) is 50.4 Å². The Morgan fingerprint density at radius 1 is 1.37 bits per heavy atom. The van der Waals surface area contributed by atoms with Crippen molar-refractivity contribution in [2.45, 2.75) is 38.6 Å². The van der Waals surface area contributed by atoms with Crippen molar-refractivity contribution in [2.24, 2.45) is 5.73 Å². The number of carbonyl (C=O) groups excluding carboxylic acids is 1. The summed E-state index contributed by atoms with van der Waals surface area (Å²) in [4.78, 5) is 11.6. The van der Waals surface area contributed by atoms with Crippen LogP contribution in [0.25, 0.3) is 0 Å². The maximum absolute atomic E-state index is 11.6. The Labute approximate surface area is 115 Å². The first-order chi connectivity index (χ1) is 8.90. The average Bonchev–Trinajstić information content (AvgIpc) is 2.44. The molecule has 0 radical (unpaired) electrons. The van der Waals surface area contributed by atoms with Gasteiger partial charge in [-0.05, 0) is 17.5 Å². The number of aliphatic hydroxyl groups excluding tert-OH is 1. The van der Waals surface area contributed by atoms with Crippen LogP contribution in [0.15, 0.2) is 24.3 Å². The molecular formula is C15H24N2O2. The zero-order chi connectivity index (χ0) is 14.5. The smallest absolute Gasteiger partial charge is 0.239 e. The molecule has 106 valence electrons. The molecule has 4 N–H and O–H groups in total. The average molecular weight is 264 g/mol. The number of aliphatic hydroxyl groups is 1. The van der Waals surface area contributed by atoms with Gasteiger partial charge < -0.3 is 16.2 Å². The third-order valence-corrected chi connectivity index (χ3v) is 3.38. The SMILES string of the molecule is CCc1ccc(C(C)(C)CNC(=O)C(N)CO)cc1. The predicted molar refractivity (Wildman–Crippen MR) is 76.9 cm³/mol. The maximum Gasteiger partial charge on any atom is 0.239 e. The lowest BCUT2D eigenvalue weighted by atomic mass is 9.84. The quantitative estimate of drug-likeness (QED) is 0.716. The highest BCUT2D eigenvalue weighted by atomic mass is 16.3. The zero-order valence-electron chi connectivity index (χ0n) is 11.9. The van der Waals surface area contributed by atoms with Crippen molar-refractivity contribution >= 4 is 5.91 Å². The van der Waals surface area contributed by atoms with Gasteiger partial charge in [0, 0.05) is 12.0 Å². The Bertz CT molecular complexity index is 413. The summed E-state index contributed by atoms with van der Waals surface area (Å²) in [6, 6.07) is 7.56. The molecule has 0 spiro atoms. The van der Waals surface area contributed by atoms with E-state index in [0.717, 1.165) is 6.42 Å². The van der Waals surface area contributed by atoms with Gasteiger partial charge in [-0.25, -0.2) is 0 Å². The van der Waals surface area contributed by atoms with Gasteiger partial charge in [0.25, 0.3) is 0 Å². The number of aryl methyl sites for hydroxylation is 1. The molecule has 0 heterocycles. The second-order valence-electron chi connectivity index (χ2n) is 5.44. The van der Waals surface area contributed by atoms with Crippen molar-refractivity contribution in [3.63, 3.8) is 0 Å². The van der Waals surface area contributed by atoms with Crippen LogP contribution in [0.5, 0.6) is 0 Å². The van der Waals surface area contributed by atoms with E-state index in [4.69, 9.17) is 10.8 Å². The van der Waals surface area contributed by atoms with E-state index in [9.17, 15) is 4.79 Å². The van der Waals surface area contributed by atoms with Crippen LogP contribution < -0.4 is 11.1 Å². The minimum absolute atomic E-state index is 0.170. The number of amides is 1. The number of carbonyl (C=O) groups is 1. The van der Waals surface area contributed by atoms with Crippen molar-refractivity contribution in [3.8, 4) is 0 Å². The Hall–Kier alpha value is -1.39. The molecular weight excluding hydrogens is 240 g/mol. The van der Waals surface area contributed by atoms with Gasteiger partial charge in [0.2, 0.25) is 5.91 Å². The van der Waals surface area contributed by atoms with E-state index in [-0.39, 0.29) is 17.9 Å². The molecule has 0 saturated heterocycles. The molecule has 1 amide bonds. The summed E-state index contributed by atoms with van der Waals surface area (Å²) >= 11 is 0. The molecule has 0 aliphatic rings. The third kappa shape index (κ3) is 4.33. The second-order valence-corrected chi connectivity index (χ2v) is 5.44. The van der Waals surface area contributed by atoms with Crippen LogP contribution in [-0.4, -0.2) is 30.2 Å². The molecule has 1 aromatic rings. The van der Waals surface area contributed by atoms with Crippen molar-refractivity contribution in [1.29, 1.82) is 0 Å². The summed E-state index contributed by atoms with van der Waals surface area (Å²) < 4.78 is 0. The monoisotopic (exact) mass is 264 g/mol. The second kappa shape index (κ2) is 6.68. The fourth-order valence-corrected chi connectivity index (χ4v) is 1.82. The number of nitrogens with one attached hydrogen (secondary N) is 1. The first kappa shape index (κ1) is 15.7. The molecule has 4 nitrogen and oxygen atoms in total. The highest BCUT2D eigenvalue weighted by Crippen LogP contribution is 2.22. The van der Waals surface area contributed by atoms with Crippen molar-refractivity contribution < 1.29 is 9.90 Å². The predicted octanol–water partition coefficient (Wildman–Crippen LogP) is 0.962. The molecule has 0 aliphatic heterocycles. The molecule has 1 rings (SSSR count). The Morgan fingerprint density at radius 2 is 1.95 bits per heavy atom. The number of nitrogens with two attached hydrogens (primary N) is 1. The van der Waals surface area contributed by atoms with E-state index < -0.39 is 6.04 Å². The van der Waals surface area contributed by atoms with Gasteiger partial charge in [0.1, 0.15) is 6.04 Å². The zero-order valence-corrected chi connectivity index (χ0v) is 11.9. The van der Waals surface area contributed by atoms with Crippen LogP contribution in [0.3, 0.4) is 0 Å². The van der Waals surface area contributed by atoms with E-state index in [1.807, 2.05) is 0 Å². The minimum atomic E-state index is -0.849. The minimum Gasteiger partial charge on any atom is -0.394 e. The molecule has 1 unspecified atom stereocenters. The Morgan fingerprint density at radius 3 is 2.42 bits per heavy atom. The van der Waals surface area contributed by atoms with E-state index >= 15 is 0 Å². The van der Waals surface area contributed by atoms with E-state index in [1.54, 1.807) is 0 Å². The van der Waals surface area contributed by atoms with Crippen LogP contribution in [0.4, 0.5) is 0 Å². The van der Waals surface area contributed by atoms with Gasteiger partial charge in [-0.3, -0.25) is 4.79 Å². The summed E-state index contributed by atoms with van der Waals surface area (Å²) in [6.45, 7) is 6.41. The first-order valence-electron chi connectivity index (χ1n) is 6.64. The number of hydrogen-bond donors (Lipinski definition) is 3. The van der Waals surface area contributed by atoms with Crippen LogP contribution in [0.2, 0.25) is 0 Å². The van der Waals surface area contributed by atoms with Gasteiger partial charge >= 0.3 is 0 Å². The lowest BCUT2D eigenvalue weighted by molar-refractivity contribution is -0.123. The molecule has 0 bridgehead atoms. The Balaban J connectivity index is 2.66.